The lowest BCUT2D eigenvalue weighted by atomic mass is 10.1. The number of ether oxygens (including phenoxy) is 1. The quantitative estimate of drug-likeness (QED) is 0.782. The summed E-state index contributed by atoms with van der Waals surface area (Å²) in [7, 11) is 1.77. The first-order valence-electron chi connectivity index (χ1n) is 5.54. The lowest BCUT2D eigenvalue weighted by Gasteiger charge is -2.16. The van der Waals surface area contributed by atoms with Gasteiger partial charge in [0.25, 0.3) is 0 Å². The van der Waals surface area contributed by atoms with E-state index in [-0.39, 0.29) is 5.91 Å². The Hall–Kier alpha value is -1.03. The van der Waals surface area contributed by atoms with Crippen molar-refractivity contribution >= 4 is 21.8 Å². The monoisotopic (exact) mass is 299 g/mol. The fourth-order valence-corrected chi connectivity index (χ4v) is 1.97. The molecule has 0 spiro atoms. The number of hydrogen-bond donors (Lipinski definition) is 0. The Morgan fingerprint density at radius 3 is 2.41 bits per heavy atom. The van der Waals surface area contributed by atoms with Crippen LogP contribution in [0.25, 0.3) is 0 Å². The predicted molar refractivity (Wildman–Crippen MR) is 72.8 cm³/mol. The van der Waals surface area contributed by atoms with Gasteiger partial charge < -0.3 is 9.64 Å². The normalized spacial score (nSPS) is 10.1. The first kappa shape index (κ1) is 14.0. The van der Waals surface area contributed by atoms with Crippen molar-refractivity contribution in [1.82, 2.24) is 4.90 Å². The molecule has 1 aromatic rings. The number of hydrogen-bond acceptors (Lipinski definition) is 2. The van der Waals surface area contributed by atoms with Gasteiger partial charge in [-0.05, 0) is 37.1 Å². The fourth-order valence-electron chi connectivity index (χ4n) is 1.54. The summed E-state index contributed by atoms with van der Waals surface area (Å²) in [6.07, 6.45) is 0. The van der Waals surface area contributed by atoms with Crippen molar-refractivity contribution in [3.05, 3.63) is 29.3 Å². The summed E-state index contributed by atoms with van der Waals surface area (Å²) < 4.78 is 5.62. The van der Waals surface area contributed by atoms with E-state index in [1.807, 2.05) is 26.0 Å². The summed E-state index contributed by atoms with van der Waals surface area (Å²) in [5.74, 6) is 0.927. The Balaban J connectivity index is 2.43. The Morgan fingerprint density at radius 2 is 1.88 bits per heavy atom. The average Bonchev–Trinajstić information content (AvgIpc) is 2.26. The predicted octanol–water partition coefficient (Wildman–Crippen LogP) is 2.54. The van der Waals surface area contributed by atoms with Gasteiger partial charge in [0.15, 0.2) is 0 Å². The second-order valence-electron chi connectivity index (χ2n) is 4.12. The lowest BCUT2D eigenvalue weighted by molar-refractivity contribution is -0.127. The first-order valence-corrected chi connectivity index (χ1v) is 6.66. The van der Waals surface area contributed by atoms with Crippen LogP contribution in [0.3, 0.4) is 0 Å². The molecule has 1 amide bonds. The van der Waals surface area contributed by atoms with E-state index in [2.05, 4.69) is 22.0 Å². The van der Waals surface area contributed by atoms with E-state index < -0.39 is 0 Å². The Kier molecular flexibility index (Phi) is 5.48. The van der Waals surface area contributed by atoms with Gasteiger partial charge >= 0.3 is 0 Å². The SMILES string of the molecule is Cc1cc(C)cc(OCCN(C)C(=O)CBr)c1. The minimum Gasteiger partial charge on any atom is -0.492 e. The van der Waals surface area contributed by atoms with Gasteiger partial charge in [-0.15, -0.1) is 0 Å². The molecule has 0 unspecified atom stereocenters. The number of amides is 1. The van der Waals surface area contributed by atoms with Gasteiger partial charge in [-0.1, -0.05) is 22.0 Å². The third-order valence-electron chi connectivity index (χ3n) is 2.43. The molecule has 94 valence electrons. The highest BCUT2D eigenvalue weighted by atomic mass is 79.9. The highest BCUT2D eigenvalue weighted by Gasteiger charge is 2.06. The molecule has 3 nitrogen and oxygen atoms in total. The van der Waals surface area contributed by atoms with E-state index in [4.69, 9.17) is 4.74 Å². The molecule has 0 aliphatic rings. The van der Waals surface area contributed by atoms with Crippen LogP contribution in [0.5, 0.6) is 5.75 Å². The van der Waals surface area contributed by atoms with E-state index in [0.29, 0.717) is 18.5 Å². The molecule has 0 aliphatic carbocycles. The van der Waals surface area contributed by atoms with Crippen LogP contribution in [0.1, 0.15) is 11.1 Å². The maximum Gasteiger partial charge on any atom is 0.233 e. The molecule has 17 heavy (non-hydrogen) atoms. The topological polar surface area (TPSA) is 29.5 Å². The molecule has 1 rings (SSSR count). The number of nitrogens with zero attached hydrogens (tertiary/aromatic N) is 1. The highest BCUT2D eigenvalue weighted by molar-refractivity contribution is 9.09. The van der Waals surface area contributed by atoms with Crippen molar-refractivity contribution in [2.24, 2.45) is 0 Å². The Labute approximate surface area is 111 Å². The molecule has 0 heterocycles. The molecule has 0 fully saturated rings. The second kappa shape index (κ2) is 6.64. The summed E-state index contributed by atoms with van der Waals surface area (Å²) in [6.45, 7) is 5.19. The highest BCUT2D eigenvalue weighted by Crippen LogP contribution is 2.15. The van der Waals surface area contributed by atoms with E-state index >= 15 is 0 Å². The third-order valence-corrected chi connectivity index (χ3v) is 2.91. The molecule has 4 heteroatoms. The molecule has 0 N–H and O–H groups in total. The van der Waals surface area contributed by atoms with Crippen molar-refractivity contribution < 1.29 is 9.53 Å². The molecular formula is C13H18BrNO2. The van der Waals surface area contributed by atoms with E-state index in [9.17, 15) is 4.79 Å². The lowest BCUT2D eigenvalue weighted by Crippen LogP contribution is -2.31. The molecule has 0 aliphatic heterocycles. The standard InChI is InChI=1S/C13H18BrNO2/c1-10-6-11(2)8-12(7-10)17-5-4-15(3)13(16)9-14/h6-8H,4-5,9H2,1-3H3. The van der Waals surface area contributed by atoms with Crippen molar-refractivity contribution in [3.8, 4) is 5.75 Å². The summed E-state index contributed by atoms with van der Waals surface area (Å²) in [5.41, 5.74) is 2.37. The number of carbonyl (C=O) groups excluding carboxylic acids is 1. The molecule has 0 radical (unpaired) electrons. The zero-order valence-corrected chi connectivity index (χ0v) is 12.1. The fraction of sp³-hybridized carbons (Fsp3) is 0.462. The van der Waals surface area contributed by atoms with Crippen LogP contribution in [0.4, 0.5) is 0 Å². The number of aryl methyl sites for hydroxylation is 2. The van der Waals surface area contributed by atoms with Crippen LogP contribution in [0.2, 0.25) is 0 Å². The molecule has 0 aromatic heterocycles. The van der Waals surface area contributed by atoms with Crippen LogP contribution < -0.4 is 4.74 Å². The van der Waals surface area contributed by atoms with Crippen molar-refractivity contribution in [3.63, 3.8) is 0 Å². The van der Waals surface area contributed by atoms with E-state index in [1.54, 1.807) is 11.9 Å². The van der Waals surface area contributed by atoms with Gasteiger partial charge in [0.1, 0.15) is 12.4 Å². The van der Waals surface area contributed by atoms with Crippen LogP contribution in [-0.2, 0) is 4.79 Å². The molecule has 0 saturated heterocycles. The van der Waals surface area contributed by atoms with Crippen LogP contribution >= 0.6 is 15.9 Å². The average molecular weight is 300 g/mol. The van der Waals surface area contributed by atoms with Crippen molar-refractivity contribution in [2.75, 3.05) is 25.5 Å². The van der Waals surface area contributed by atoms with Gasteiger partial charge in [0.05, 0.1) is 11.9 Å². The Morgan fingerprint density at radius 1 is 1.29 bits per heavy atom. The summed E-state index contributed by atoms with van der Waals surface area (Å²) >= 11 is 3.14. The first-order chi connectivity index (χ1) is 8.02. The van der Waals surface area contributed by atoms with Crippen molar-refractivity contribution in [2.45, 2.75) is 13.8 Å². The maximum atomic E-state index is 11.3. The summed E-state index contributed by atoms with van der Waals surface area (Å²) in [6, 6.07) is 6.10. The van der Waals surface area contributed by atoms with Gasteiger partial charge in [0.2, 0.25) is 5.91 Å². The zero-order valence-electron chi connectivity index (χ0n) is 10.5. The van der Waals surface area contributed by atoms with Gasteiger partial charge in [-0.2, -0.15) is 0 Å². The molecule has 0 bridgehead atoms. The Bertz CT molecular complexity index is 373. The summed E-state index contributed by atoms with van der Waals surface area (Å²) in [5, 5.41) is 0.354. The zero-order chi connectivity index (χ0) is 12.8. The largest absolute Gasteiger partial charge is 0.492 e. The number of rotatable bonds is 5. The smallest absolute Gasteiger partial charge is 0.233 e. The number of halogens is 1. The van der Waals surface area contributed by atoms with Crippen LogP contribution in [-0.4, -0.2) is 36.3 Å². The third kappa shape index (κ3) is 4.77. The van der Waals surface area contributed by atoms with E-state index in [1.165, 1.54) is 11.1 Å². The van der Waals surface area contributed by atoms with Gasteiger partial charge in [0, 0.05) is 7.05 Å². The number of carbonyl (C=O) groups is 1. The molecule has 1 aromatic carbocycles. The molecule has 0 saturated carbocycles. The minimum absolute atomic E-state index is 0.0639. The van der Waals surface area contributed by atoms with Gasteiger partial charge in [-0.25, -0.2) is 0 Å². The van der Waals surface area contributed by atoms with Gasteiger partial charge in [-0.3, -0.25) is 4.79 Å². The van der Waals surface area contributed by atoms with Crippen molar-refractivity contribution in [1.29, 1.82) is 0 Å². The van der Waals surface area contributed by atoms with Crippen LogP contribution in [0.15, 0.2) is 18.2 Å². The molecule has 0 atom stereocenters. The van der Waals surface area contributed by atoms with E-state index in [0.717, 1.165) is 5.75 Å². The maximum absolute atomic E-state index is 11.3. The molecular weight excluding hydrogens is 282 g/mol. The second-order valence-corrected chi connectivity index (χ2v) is 4.68. The minimum atomic E-state index is 0.0639. The number of benzene rings is 1. The van der Waals surface area contributed by atoms with Crippen LogP contribution in [0, 0.1) is 13.8 Å². The summed E-state index contributed by atoms with van der Waals surface area (Å²) in [4.78, 5) is 12.9. The number of alkyl halides is 1. The number of likely N-dealkylation sites (N-methyl/N-ethyl adjacent to an activating group) is 1.